The van der Waals surface area contributed by atoms with Gasteiger partial charge in [-0.05, 0) is 31.4 Å². The van der Waals surface area contributed by atoms with Crippen LogP contribution in [-0.2, 0) is 4.79 Å². The van der Waals surface area contributed by atoms with Gasteiger partial charge < -0.3 is 11.1 Å². The number of carbonyl (C=O) groups is 2. The highest BCUT2D eigenvalue weighted by atomic mass is 16.2. The summed E-state index contributed by atoms with van der Waals surface area (Å²) in [4.78, 5) is 27.0. The fourth-order valence-electron chi connectivity index (χ4n) is 1.57. The second kappa shape index (κ2) is 7.82. The van der Waals surface area contributed by atoms with Gasteiger partial charge in [-0.1, -0.05) is 6.07 Å². The van der Waals surface area contributed by atoms with E-state index in [0.717, 1.165) is 0 Å². The zero-order valence-electron chi connectivity index (χ0n) is 10.5. The number of nitriles is 1. The molecule has 6 nitrogen and oxygen atoms in total. The van der Waals surface area contributed by atoms with E-state index in [4.69, 9.17) is 11.0 Å². The van der Waals surface area contributed by atoms with Gasteiger partial charge in [-0.25, -0.2) is 0 Å². The third-order valence-corrected chi connectivity index (χ3v) is 2.58. The molecule has 100 valence electrons. The molecule has 0 saturated carbocycles. The summed E-state index contributed by atoms with van der Waals surface area (Å²) in [7, 11) is 0. The summed E-state index contributed by atoms with van der Waals surface area (Å²) in [5.74, 6) is -1.01. The first-order valence-corrected chi connectivity index (χ1v) is 6.03. The van der Waals surface area contributed by atoms with Gasteiger partial charge in [0.15, 0.2) is 0 Å². The number of unbranched alkanes of at least 4 members (excludes halogenated alkanes) is 2. The SMILES string of the molecule is N#CCCCC[C@H](NC(=O)c1ccccn1)C(N)=O. The summed E-state index contributed by atoms with van der Waals surface area (Å²) in [5.41, 5.74) is 5.48. The van der Waals surface area contributed by atoms with Crippen molar-refractivity contribution in [3.05, 3.63) is 30.1 Å². The van der Waals surface area contributed by atoms with Gasteiger partial charge in [0.25, 0.3) is 5.91 Å². The largest absolute Gasteiger partial charge is 0.368 e. The van der Waals surface area contributed by atoms with Crippen molar-refractivity contribution in [2.75, 3.05) is 0 Å². The van der Waals surface area contributed by atoms with E-state index in [9.17, 15) is 9.59 Å². The van der Waals surface area contributed by atoms with Crippen LogP contribution < -0.4 is 11.1 Å². The first kappa shape index (κ1) is 14.6. The van der Waals surface area contributed by atoms with Gasteiger partial charge in [-0.3, -0.25) is 14.6 Å². The molecule has 1 atom stereocenters. The Kier molecular flexibility index (Phi) is 6.03. The molecule has 2 amide bonds. The van der Waals surface area contributed by atoms with Gasteiger partial charge in [0.1, 0.15) is 11.7 Å². The minimum absolute atomic E-state index is 0.241. The van der Waals surface area contributed by atoms with E-state index < -0.39 is 17.9 Å². The van der Waals surface area contributed by atoms with E-state index in [1.54, 1.807) is 18.2 Å². The zero-order chi connectivity index (χ0) is 14.1. The molecule has 1 aromatic heterocycles. The molecule has 6 heteroatoms. The molecule has 1 rings (SSSR count). The molecule has 0 aliphatic rings. The van der Waals surface area contributed by atoms with Crippen LogP contribution in [0.5, 0.6) is 0 Å². The quantitative estimate of drug-likeness (QED) is 0.705. The second-order valence-corrected chi connectivity index (χ2v) is 4.05. The number of hydrogen-bond donors (Lipinski definition) is 2. The van der Waals surface area contributed by atoms with Crippen LogP contribution in [0.3, 0.4) is 0 Å². The van der Waals surface area contributed by atoms with Crippen molar-refractivity contribution in [1.29, 1.82) is 5.26 Å². The fourth-order valence-corrected chi connectivity index (χ4v) is 1.57. The zero-order valence-corrected chi connectivity index (χ0v) is 10.5. The van der Waals surface area contributed by atoms with E-state index in [1.807, 2.05) is 6.07 Å². The highest BCUT2D eigenvalue weighted by Gasteiger charge is 2.18. The smallest absolute Gasteiger partial charge is 0.270 e. The Morgan fingerprint density at radius 1 is 1.42 bits per heavy atom. The Morgan fingerprint density at radius 3 is 2.79 bits per heavy atom. The number of pyridine rings is 1. The fraction of sp³-hybridized carbons (Fsp3) is 0.385. The summed E-state index contributed by atoms with van der Waals surface area (Å²) in [6.45, 7) is 0. The van der Waals surface area contributed by atoms with Crippen LogP contribution in [0, 0.1) is 11.3 Å². The van der Waals surface area contributed by atoms with Gasteiger partial charge in [0, 0.05) is 12.6 Å². The van der Waals surface area contributed by atoms with Crippen molar-refractivity contribution < 1.29 is 9.59 Å². The molecular weight excluding hydrogens is 244 g/mol. The second-order valence-electron chi connectivity index (χ2n) is 4.05. The van der Waals surface area contributed by atoms with Crippen molar-refractivity contribution in [2.24, 2.45) is 5.73 Å². The first-order chi connectivity index (χ1) is 9.15. The molecule has 0 aromatic carbocycles. The maximum atomic E-state index is 11.8. The molecular formula is C13H16N4O2. The Labute approximate surface area is 111 Å². The van der Waals surface area contributed by atoms with Gasteiger partial charge in [-0.2, -0.15) is 5.26 Å². The molecule has 1 heterocycles. The number of aromatic nitrogens is 1. The summed E-state index contributed by atoms with van der Waals surface area (Å²) in [5, 5.41) is 11.0. The molecule has 0 bridgehead atoms. The minimum Gasteiger partial charge on any atom is -0.368 e. The standard InChI is InChI=1S/C13H16N4O2/c14-8-4-1-2-6-10(12(15)18)17-13(19)11-7-3-5-9-16-11/h3,5,7,9-10H,1-2,4,6H2,(H2,15,18)(H,17,19)/t10-/m0/s1. The van der Waals surface area contributed by atoms with E-state index >= 15 is 0 Å². The lowest BCUT2D eigenvalue weighted by molar-refractivity contribution is -0.120. The Hall–Kier alpha value is -2.42. The molecule has 0 fully saturated rings. The third kappa shape index (κ3) is 5.17. The third-order valence-electron chi connectivity index (χ3n) is 2.58. The number of carbonyl (C=O) groups excluding carboxylic acids is 2. The molecule has 0 unspecified atom stereocenters. The van der Waals surface area contributed by atoms with Crippen LogP contribution >= 0.6 is 0 Å². The highest BCUT2D eigenvalue weighted by molar-refractivity contribution is 5.95. The number of nitrogens with two attached hydrogens (primary N) is 1. The van der Waals surface area contributed by atoms with Crippen LogP contribution in [0.15, 0.2) is 24.4 Å². The van der Waals surface area contributed by atoms with Crippen LogP contribution in [0.2, 0.25) is 0 Å². The lowest BCUT2D eigenvalue weighted by Crippen LogP contribution is -2.44. The Bertz CT molecular complexity index is 467. The Balaban J connectivity index is 2.52. The molecule has 0 radical (unpaired) electrons. The van der Waals surface area contributed by atoms with Crippen molar-refractivity contribution in [1.82, 2.24) is 10.3 Å². The van der Waals surface area contributed by atoms with E-state index in [1.165, 1.54) is 6.20 Å². The average Bonchev–Trinajstić information content (AvgIpc) is 2.42. The maximum absolute atomic E-state index is 11.8. The normalized spacial score (nSPS) is 11.3. The summed E-state index contributed by atoms with van der Waals surface area (Å²) >= 11 is 0. The lowest BCUT2D eigenvalue weighted by Gasteiger charge is -2.14. The van der Waals surface area contributed by atoms with Gasteiger partial charge in [0.2, 0.25) is 5.91 Å². The lowest BCUT2D eigenvalue weighted by atomic mass is 10.1. The Morgan fingerprint density at radius 2 is 2.21 bits per heavy atom. The van der Waals surface area contributed by atoms with E-state index in [-0.39, 0.29) is 5.69 Å². The van der Waals surface area contributed by atoms with Crippen LogP contribution in [0.1, 0.15) is 36.2 Å². The van der Waals surface area contributed by atoms with Gasteiger partial charge in [0.05, 0.1) is 6.07 Å². The number of amides is 2. The molecule has 0 spiro atoms. The number of hydrogen-bond acceptors (Lipinski definition) is 4. The predicted molar refractivity (Wildman–Crippen MR) is 68.8 cm³/mol. The van der Waals surface area contributed by atoms with Crippen molar-refractivity contribution in [3.63, 3.8) is 0 Å². The maximum Gasteiger partial charge on any atom is 0.270 e. The van der Waals surface area contributed by atoms with E-state index in [2.05, 4.69) is 10.3 Å². The topological polar surface area (TPSA) is 109 Å². The van der Waals surface area contributed by atoms with E-state index in [0.29, 0.717) is 25.7 Å². The molecule has 0 aliphatic heterocycles. The minimum atomic E-state index is -0.729. The summed E-state index contributed by atoms with van der Waals surface area (Å²) in [6, 6.07) is 6.24. The van der Waals surface area contributed by atoms with Crippen LogP contribution in [-0.4, -0.2) is 22.8 Å². The van der Waals surface area contributed by atoms with Gasteiger partial charge >= 0.3 is 0 Å². The molecule has 19 heavy (non-hydrogen) atoms. The number of rotatable bonds is 7. The average molecular weight is 260 g/mol. The van der Waals surface area contributed by atoms with Crippen LogP contribution in [0.25, 0.3) is 0 Å². The highest BCUT2D eigenvalue weighted by Crippen LogP contribution is 2.04. The van der Waals surface area contributed by atoms with Crippen molar-refractivity contribution >= 4 is 11.8 Å². The monoisotopic (exact) mass is 260 g/mol. The number of primary amides is 1. The van der Waals surface area contributed by atoms with Crippen molar-refractivity contribution in [3.8, 4) is 6.07 Å². The summed E-state index contributed by atoms with van der Waals surface area (Å²) in [6.07, 6.45) is 3.69. The molecule has 0 aliphatic carbocycles. The predicted octanol–water partition coefficient (Wildman–Crippen LogP) is 0.749. The summed E-state index contributed by atoms with van der Waals surface area (Å²) < 4.78 is 0. The van der Waals surface area contributed by atoms with Gasteiger partial charge in [-0.15, -0.1) is 0 Å². The number of nitrogens with zero attached hydrogens (tertiary/aromatic N) is 2. The number of nitrogens with one attached hydrogen (secondary N) is 1. The molecule has 0 saturated heterocycles. The molecule has 1 aromatic rings. The first-order valence-electron chi connectivity index (χ1n) is 6.03. The van der Waals surface area contributed by atoms with Crippen LogP contribution in [0.4, 0.5) is 0 Å². The van der Waals surface area contributed by atoms with Crippen molar-refractivity contribution in [2.45, 2.75) is 31.7 Å². The molecule has 3 N–H and O–H groups in total.